The molecule has 0 aliphatic carbocycles. The SMILES string of the molecule is NC1(CN2CCc3ccccc32)CCOC1. The maximum atomic E-state index is 6.33. The van der Waals surface area contributed by atoms with Crippen LogP contribution in [-0.2, 0) is 11.2 Å². The van der Waals surface area contributed by atoms with Crippen LogP contribution in [0.15, 0.2) is 24.3 Å². The summed E-state index contributed by atoms with van der Waals surface area (Å²) in [5, 5.41) is 0. The van der Waals surface area contributed by atoms with E-state index in [2.05, 4.69) is 29.2 Å². The van der Waals surface area contributed by atoms with Crippen molar-refractivity contribution in [3.05, 3.63) is 29.8 Å². The van der Waals surface area contributed by atoms with Gasteiger partial charge < -0.3 is 15.4 Å². The van der Waals surface area contributed by atoms with Gasteiger partial charge in [-0.3, -0.25) is 0 Å². The molecule has 2 heterocycles. The molecule has 1 unspecified atom stereocenters. The highest BCUT2D eigenvalue weighted by Gasteiger charge is 2.34. The Bertz CT molecular complexity index is 385. The Kier molecular flexibility index (Phi) is 2.37. The van der Waals surface area contributed by atoms with Gasteiger partial charge in [-0.25, -0.2) is 0 Å². The molecule has 0 radical (unpaired) electrons. The van der Waals surface area contributed by atoms with Gasteiger partial charge in [0, 0.05) is 25.4 Å². The molecule has 0 bridgehead atoms. The molecule has 2 aliphatic rings. The molecule has 86 valence electrons. The van der Waals surface area contributed by atoms with Crippen molar-refractivity contribution in [2.24, 2.45) is 5.73 Å². The summed E-state index contributed by atoms with van der Waals surface area (Å²) in [6, 6.07) is 8.62. The zero-order valence-corrected chi connectivity index (χ0v) is 9.48. The number of nitrogens with two attached hydrogens (primary N) is 1. The summed E-state index contributed by atoms with van der Waals surface area (Å²) in [6.07, 6.45) is 2.12. The summed E-state index contributed by atoms with van der Waals surface area (Å²) in [7, 11) is 0. The first-order valence-electron chi connectivity index (χ1n) is 5.96. The molecular weight excluding hydrogens is 200 g/mol. The molecule has 16 heavy (non-hydrogen) atoms. The highest BCUT2D eigenvalue weighted by molar-refractivity contribution is 5.58. The molecule has 3 rings (SSSR count). The monoisotopic (exact) mass is 218 g/mol. The number of rotatable bonds is 2. The Morgan fingerprint density at radius 2 is 2.25 bits per heavy atom. The van der Waals surface area contributed by atoms with E-state index in [1.165, 1.54) is 11.3 Å². The number of para-hydroxylation sites is 1. The van der Waals surface area contributed by atoms with Gasteiger partial charge in [0.15, 0.2) is 0 Å². The molecule has 1 aromatic carbocycles. The maximum Gasteiger partial charge on any atom is 0.0664 e. The molecule has 1 saturated heterocycles. The van der Waals surface area contributed by atoms with E-state index in [1.807, 2.05) is 0 Å². The lowest BCUT2D eigenvalue weighted by atomic mass is 9.99. The zero-order chi connectivity index (χ0) is 11.0. The highest BCUT2D eigenvalue weighted by Crippen LogP contribution is 2.29. The van der Waals surface area contributed by atoms with Crippen LogP contribution in [0.2, 0.25) is 0 Å². The number of anilines is 1. The van der Waals surface area contributed by atoms with Gasteiger partial charge in [0.2, 0.25) is 0 Å². The fourth-order valence-corrected chi connectivity index (χ4v) is 2.70. The minimum atomic E-state index is -0.141. The van der Waals surface area contributed by atoms with Crippen LogP contribution >= 0.6 is 0 Å². The molecule has 0 saturated carbocycles. The van der Waals surface area contributed by atoms with Gasteiger partial charge in [0.1, 0.15) is 0 Å². The summed E-state index contributed by atoms with van der Waals surface area (Å²) >= 11 is 0. The Morgan fingerprint density at radius 1 is 1.38 bits per heavy atom. The van der Waals surface area contributed by atoms with Crippen LogP contribution in [0.5, 0.6) is 0 Å². The molecule has 3 nitrogen and oxygen atoms in total. The van der Waals surface area contributed by atoms with Crippen molar-refractivity contribution in [2.75, 3.05) is 31.2 Å². The fourth-order valence-electron chi connectivity index (χ4n) is 2.70. The molecule has 1 fully saturated rings. The quantitative estimate of drug-likeness (QED) is 0.809. The van der Waals surface area contributed by atoms with Gasteiger partial charge in [-0.15, -0.1) is 0 Å². The summed E-state index contributed by atoms with van der Waals surface area (Å²) in [4.78, 5) is 2.41. The Balaban J connectivity index is 1.78. The first-order valence-corrected chi connectivity index (χ1v) is 5.96. The largest absolute Gasteiger partial charge is 0.379 e. The van der Waals surface area contributed by atoms with Gasteiger partial charge in [0.05, 0.1) is 12.1 Å². The summed E-state index contributed by atoms with van der Waals surface area (Å²) in [6.45, 7) is 3.53. The number of nitrogens with zero attached hydrogens (tertiary/aromatic N) is 1. The second kappa shape index (κ2) is 3.75. The third kappa shape index (κ3) is 1.70. The highest BCUT2D eigenvalue weighted by atomic mass is 16.5. The van der Waals surface area contributed by atoms with Crippen molar-refractivity contribution in [3.8, 4) is 0 Å². The molecule has 1 aromatic rings. The molecule has 3 heteroatoms. The average Bonchev–Trinajstić information content (AvgIpc) is 2.87. The lowest BCUT2D eigenvalue weighted by Crippen LogP contribution is -2.50. The van der Waals surface area contributed by atoms with Crippen LogP contribution < -0.4 is 10.6 Å². The van der Waals surface area contributed by atoms with Crippen molar-refractivity contribution in [1.29, 1.82) is 0 Å². The Hall–Kier alpha value is -1.06. The lowest BCUT2D eigenvalue weighted by Gasteiger charge is -2.30. The number of hydrogen-bond acceptors (Lipinski definition) is 3. The number of hydrogen-bond donors (Lipinski definition) is 1. The van der Waals surface area contributed by atoms with Crippen molar-refractivity contribution in [2.45, 2.75) is 18.4 Å². The number of fused-ring (bicyclic) bond motifs is 1. The smallest absolute Gasteiger partial charge is 0.0664 e. The van der Waals surface area contributed by atoms with E-state index >= 15 is 0 Å². The lowest BCUT2D eigenvalue weighted by molar-refractivity contribution is 0.179. The van der Waals surface area contributed by atoms with Crippen molar-refractivity contribution in [3.63, 3.8) is 0 Å². The van der Waals surface area contributed by atoms with Gasteiger partial charge in [-0.2, -0.15) is 0 Å². The summed E-state index contributed by atoms with van der Waals surface area (Å²) in [5.74, 6) is 0. The van der Waals surface area contributed by atoms with Crippen LogP contribution in [0, 0.1) is 0 Å². The molecular formula is C13H18N2O. The van der Waals surface area contributed by atoms with Gasteiger partial charge >= 0.3 is 0 Å². The predicted molar refractivity (Wildman–Crippen MR) is 64.7 cm³/mol. The Labute approximate surface area is 96.2 Å². The summed E-state index contributed by atoms with van der Waals surface area (Å²) in [5.41, 5.74) is 9.00. The van der Waals surface area contributed by atoms with E-state index in [9.17, 15) is 0 Å². The van der Waals surface area contributed by atoms with E-state index in [4.69, 9.17) is 10.5 Å². The average molecular weight is 218 g/mol. The van der Waals surface area contributed by atoms with Crippen LogP contribution in [0.25, 0.3) is 0 Å². The molecule has 0 aromatic heterocycles. The predicted octanol–water partition coefficient (Wildman–Crippen LogP) is 1.17. The first kappa shape index (κ1) is 10.1. The van der Waals surface area contributed by atoms with Gasteiger partial charge in [0.25, 0.3) is 0 Å². The van der Waals surface area contributed by atoms with Crippen LogP contribution in [0.3, 0.4) is 0 Å². The van der Waals surface area contributed by atoms with E-state index < -0.39 is 0 Å². The molecule has 2 N–H and O–H groups in total. The third-order valence-corrected chi connectivity index (χ3v) is 3.62. The van der Waals surface area contributed by atoms with E-state index in [-0.39, 0.29) is 5.54 Å². The standard InChI is InChI=1S/C13H18N2O/c14-13(6-8-16-10-13)9-15-7-5-11-3-1-2-4-12(11)15/h1-4H,5-10,14H2. The third-order valence-electron chi connectivity index (χ3n) is 3.62. The minimum Gasteiger partial charge on any atom is -0.379 e. The van der Waals surface area contributed by atoms with Crippen LogP contribution in [0.4, 0.5) is 5.69 Å². The molecule has 0 amide bonds. The molecule has 0 spiro atoms. The maximum absolute atomic E-state index is 6.33. The normalized spacial score (nSPS) is 28.4. The molecule has 1 atom stereocenters. The van der Waals surface area contributed by atoms with Crippen molar-refractivity contribution >= 4 is 5.69 Å². The Morgan fingerprint density at radius 3 is 3.06 bits per heavy atom. The van der Waals surface area contributed by atoms with Crippen LogP contribution in [0.1, 0.15) is 12.0 Å². The molecule has 2 aliphatic heterocycles. The van der Waals surface area contributed by atoms with E-state index in [1.54, 1.807) is 0 Å². The zero-order valence-electron chi connectivity index (χ0n) is 9.48. The topological polar surface area (TPSA) is 38.5 Å². The van der Waals surface area contributed by atoms with E-state index in [0.29, 0.717) is 6.61 Å². The van der Waals surface area contributed by atoms with Gasteiger partial charge in [-0.05, 0) is 24.5 Å². The van der Waals surface area contributed by atoms with Gasteiger partial charge in [-0.1, -0.05) is 18.2 Å². The van der Waals surface area contributed by atoms with E-state index in [0.717, 1.165) is 32.5 Å². The van der Waals surface area contributed by atoms with Crippen molar-refractivity contribution in [1.82, 2.24) is 0 Å². The first-order chi connectivity index (χ1) is 7.77. The second-order valence-electron chi connectivity index (χ2n) is 4.97. The second-order valence-corrected chi connectivity index (χ2v) is 4.97. The summed E-state index contributed by atoms with van der Waals surface area (Å²) < 4.78 is 5.41. The number of benzene rings is 1. The fraction of sp³-hybridized carbons (Fsp3) is 0.538. The van der Waals surface area contributed by atoms with Crippen molar-refractivity contribution < 1.29 is 4.74 Å². The number of ether oxygens (including phenoxy) is 1. The minimum absolute atomic E-state index is 0.141. The van der Waals surface area contributed by atoms with Crippen LogP contribution in [-0.4, -0.2) is 31.8 Å².